The van der Waals surface area contributed by atoms with Crippen LogP contribution < -0.4 is 0 Å². The highest BCUT2D eigenvalue weighted by atomic mass is 79.9. The fraction of sp³-hybridized carbons (Fsp3) is 0.562. The molecule has 0 saturated carbocycles. The first-order valence-corrected chi connectivity index (χ1v) is 8.84. The summed E-state index contributed by atoms with van der Waals surface area (Å²) in [6, 6.07) is 0. The van der Waals surface area contributed by atoms with E-state index in [1.807, 2.05) is 27.7 Å². The highest BCUT2D eigenvalue weighted by molar-refractivity contribution is 9.10. The molecule has 0 atom stereocenters. The number of pyridine rings is 1. The Hall–Kier alpha value is -2.03. The Kier molecular flexibility index (Phi) is 14.4. The Morgan fingerprint density at radius 3 is 1.92 bits per heavy atom. The van der Waals surface area contributed by atoms with Gasteiger partial charge in [-0.2, -0.15) is 0 Å². The average Bonchev–Trinajstić information content (AvgIpc) is 2.60. The van der Waals surface area contributed by atoms with Crippen LogP contribution in [-0.2, 0) is 19.1 Å². The Labute approximate surface area is 156 Å². The maximum Gasteiger partial charge on any atom is 0.325 e. The SMILES string of the molecule is CC.CC.CCOC(=O)C(C(=O)OCC)c1c(Br)cncc1[N+](=O)[O-]. The number of aromatic nitrogens is 1. The lowest BCUT2D eigenvalue weighted by molar-refractivity contribution is -0.386. The minimum absolute atomic E-state index is 0.0330. The van der Waals surface area contributed by atoms with Gasteiger partial charge in [0.05, 0.1) is 23.7 Å². The molecule has 0 aliphatic rings. The van der Waals surface area contributed by atoms with Crippen molar-refractivity contribution in [2.75, 3.05) is 13.2 Å². The van der Waals surface area contributed by atoms with Crippen LogP contribution in [0.4, 0.5) is 5.69 Å². The first-order chi connectivity index (χ1) is 11.9. The van der Waals surface area contributed by atoms with Crippen molar-refractivity contribution in [1.29, 1.82) is 0 Å². The molecule has 142 valence electrons. The molecule has 0 unspecified atom stereocenters. The molecule has 0 spiro atoms. The number of rotatable bonds is 6. The molecule has 0 N–H and O–H groups in total. The second kappa shape index (κ2) is 14.3. The molecule has 0 aromatic carbocycles. The zero-order valence-corrected chi connectivity index (χ0v) is 17.0. The first-order valence-electron chi connectivity index (χ1n) is 8.05. The molecular formula is C16H25BrN2O6. The van der Waals surface area contributed by atoms with E-state index < -0.39 is 28.5 Å². The van der Waals surface area contributed by atoms with Crippen LogP contribution in [0.25, 0.3) is 0 Å². The lowest BCUT2D eigenvalue weighted by Gasteiger charge is -2.15. The van der Waals surface area contributed by atoms with Crippen molar-refractivity contribution >= 4 is 33.6 Å². The highest BCUT2D eigenvalue weighted by Gasteiger charge is 2.38. The van der Waals surface area contributed by atoms with E-state index in [0.717, 1.165) is 6.20 Å². The second-order valence-electron chi connectivity index (χ2n) is 3.75. The maximum atomic E-state index is 12.0. The molecular weight excluding hydrogens is 396 g/mol. The molecule has 0 radical (unpaired) electrons. The van der Waals surface area contributed by atoms with Crippen molar-refractivity contribution in [3.05, 3.63) is 32.5 Å². The van der Waals surface area contributed by atoms with Gasteiger partial charge in [-0.3, -0.25) is 24.7 Å². The van der Waals surface area contributed by atoms with Crippen molar-refractivity contribution < 1.29 is 24.0 Å². The number of carbonyl (C=O) groups excluding carboxylic acids is 2. The summed E-state index contributed by atoms with van der Waals surface area (Å²) in [5, 5.41) is 11.1. The van der Waals surface area contributed by atoms with Crippen molar-refractivity contribution in [3.63, 3.8) is 0 Å². The van der Waals surface area contributed by atoms with Crippen LogP contribution in [0, 0.1) is 10.1 Å². The lowest BCUT2D eigenvalue weighted by Crippen LogP contribution is -2.27. The zero-order valence-electron chi connectivity index (χ0n) is 15.4. The number of esters is 2. The van der Waals surface area contributed by atoms with Gasteiger partial charge in [-0.1, -0.05) is 27.7 Å². The number of carbonyl (C=O) groups is 2. The molecule has 0 saturated heterocycles. The van der Waals surface area contributed by atoms with E-state index in [4.69, 9.17) is 9.47 Å². The molecule has 1 aromatic heterocycles. The van der Waals surface area contributed by atoms with E-state index in [1.54, 1.807) is 13.8 Å². The minimum atomic E-state index is -1.54. The topological polar surface area (TPSA) is 109 Å². The standard InChI is InChI=1S/C12H13BrN2O6.2C2H6/c1-3-20-11(16)10(12(17)21-4-2)9-7(13)5-14-6-8(9)15(18)19;2*1-2/h5-6,10H,3-4H2,1-2H3;2*1-2H3. The monoisotopic (exact) mass is 420 g/mol. The third-order valence-corrected chi connectivity index (χ3v) is 3.08. The van der Waals surface area contributed by atoms with Crippen molar-refractivity contribution in [2.45, 2.75) is 47.5 Å². The third kappa shape index (κ3) is 7.59. The molecule has 0 fully saturated rings. The summed E-state index contributed by atoms with van der Waals surface area (Å²) in [5.74, 6) is -3.36. The summed E-state index contributed by atoms with van der Waals surface area (Å²) < 4.78 is 9.78. The predicted molar refractivity (Wildman–Crippen MR) is 97.3 cm³/mol. The Balaban J connectivity index is 0. The van der Waals surface area contributed by atoms with Crippen molar-refractivity contribution in [1.82, 2.24) is 4.98 Å². The predicted octanol–water partition coefficient (Wildman–Crippen LogP) is 4.01. The molecule has 1 heterocycles. The van der Waals surface area contributed by atoms with Gasteiger partial charge in [0, 0.05) is 10.7 Å². The summed E-state index contributed by atoms with van der Waals surface area (Å²) in [6.45, 7) is 11.2. The molecule has 0 bridgehead atoms. The smallest absolute Gasteiger partial charge is 0.325 e. The van der Waals surface area contributed by atoms with E-state index in [0.29, 0.717) is 0 Å². The van der Waals surface area contributed by atoms with Gasteiger partial charge in [0.15, 0.2) is 5.92 Å². The summed E-state index contributed by atoms with van der Waals surface area (Å²) >= 11 is 3.07. The second-order valence-corrected chi connectivity index (χ2v) is 4.60. The maximum absolute atomic E-state index is 12.0. The molecule has 25 heavy (non-hydrogen) atoms. The van der Waals surface area contributed by atoms with Gasteiger partial charge in [-0.25, -0.2) is 0 Å². The number of nitrogens with zero attached hydrogens (tertiary/aromatic N) is 2. The number of nitro groups is 1. The van der Waals surface area contributed by atoms with Crippen LogP contribution in [0.2, 0.25) is 0 Å². The Bertz CT molecular complexity index is 548. The summed E-state index contributed by atoms with van der Waals surface area (Å²) in [4.78, 5) is 38.0. The van der Waals surface area contributed by atoms with Crippen molar-refractivity contribution in [3.8, 4) is 0 Å². The van der Waals surface area contributed by atoms with E-state index in [-0.39, 0.29) is 23.2 Å². The van der Waals surface area contributed by atoms with E-state index >= 15 is 0 Å². The Morgan fingerprint density at radius 1 is 1.12 bits per heavy atom. The van der Waals surface area contributed by atoms with E-state index in [2.05, 4.69) is 20.9 Å². The van der Waals surface area contributed by atoms with Gasteiger partial charge >= 0.3 is 11.9 Å². The van der Waals surface area contributed by atoms with Crippen molar-refractivity contribution in [2.24, 2.45) is 0 Å². The van der Waals surface area contributed by atoms with Crippen LogP contribution in [0.15, 0.2) is 16.9 Å². The van der Waals surface area contributed by atoms with Gasteiger partial charge in [0.25, 0.3) is 5.69 Å². The largest absolute Gasteiger partial charge is 0.465 e. The lowest BCUT2D eigenvalue weighted by atomic mass is 9.99. The van der Waals surface area contributed by atoms with E-state index in [1.165, 1.54) is 6.20 Å². The van der Waals surface area contributed by atoms with Gasteiger partial charge in [0.1, 0.15) is 6.20 Å². The van der Waals surface area contributed by atoms with Crippen LogP contribution in [0.3, 0.4) is 0 Å². The van der Waals surface area contributed by atoms with Gasteiger partial charge in [-0.05, 0) is 29.8 Å². The number of halogens is 1. The molecule has 1 rings (SSSR count). The van der Waals surface area contributed by atoms with E-state index in [9.17, 15) is 19.7 Å². The fourth-order valence-corrected chi connectivity index (χ4v) is 2.20. The molecule has 1 aromatic rings. The molecule has 0 aliphatic carbocycles. The molecule has 9 heteroatoms. The number of hydrogen-bond acceptors (Lipinski definition) is 7. The minimum Gasteiger partial charge on any atom is -0.465 e. The fourth-order valence-electron chi connectivity index (χ4n) is 1.65. The van der Waals surface area contributed by atoms with Crippen LogP contribution in [-0.4, -0.2) is 35.1 Å². The quantitative estimate of drug-likeness (QED) is 0.295. The molecule has 8 nitrogen and oxygen atoms in total. The summed E-state index contributed by atoms with van der Waals surface area (Å²) in [7, 11) is 0. The number of hydrogen-bond donors (Lipinski definition) is 0. The average molecular weight is 421 g/mol. The van der Waals surface area contributed by atoms with Crippen LogP contribution >= 0.6 is 15.9 Å². The van der Waals surface area contributed by atoms with Crippen LogP contribution in [0.5, 0.6) is 0 Å². The summed E-state index contributed by atoms with van der Waals surface area (Å²) in [6.07, 6.45) is 2.22. The third-order valence-electron chi connectivity index (χ3n) is 2.45. The first kappa shape index (κ1) is 25.2. The zero-order chi connectivity index (χ0) is 20.0. The van der Waals surface area contributed by atoms with Gasteiger partial charge in [-0.15, -0.1) is 0 Å². The summed E-state index contributed by atoms with van der Waals surface area (Å²) in [5.41, 5.74) is -0.595. The Morgan fingerprint density at radius 2 is 1.56 bits per heavy atom. The normalized spacial score (nSPS) is 9.12. The number of ether oxygens (including phenoxy) is 2. The van der Waals surface area contributed by atoms with Crippen LogP contribution in [0.1, 0.15) is 53.0 Å². The molecule has 0 aliphatic heterocycles. The van der Waals surface area contributed by atoms with Gasteiger partial charge < -0.3 is 9.47 Å². The highest BCUT2D eigenvalue weighted by Crippen LogP contribution is 2.34. The van der Waals surface area contributed by atoms with Gasteiger partial charge in [0.2, 0.25) is 0 Å². The molecule has 0 amide bonds.